The zero-order chi connectivity index (χ0) is 13.7. The average Bonchev–Trinajstić information content (AvgIpc) is 2.39. The van der Waals surface area contributed by atoms with Crippen molar-refractivity contribution in [1.29, 1.82) is 0 Å². The molecule has 4 nitrogen and oxygen atoms in total. The second-order valence-corrected chi connectivity index (χ2v) is 4.87. The first-order valence-corrected chi connectivity index (χ1v) is 6.60. The van der Waals surface area contributed by atoms with E-state index in [0.717, 1.165) is 18.7 Å². The van der Waals surface area contributed by atoms with Gasteiger partial charge in [-0.15, -0.1) is 0 Å². The van der Waals surface area contributed by atoms with Crippen LogP contribution in [0.3, 0.4) is 0 Å². The Morgan fingerprint density at radius 3 is 3.16 bits per heavy atom. The smallest absolute Gasteiger partial charge is 0.238 e. The molecule has 1 atom stereocenters. The van der Waals surface area contributed by atoms with Crippen LogP contribution in [0.5, 0.6) is 0 Å². The third kappa shape index (κ3) is 4.01. The highest BCUT2D eigenvalue weighted by molar-refractivity contribution is 5.82. The van der Waals surface area contributed by atoms with Gasteiger partial charge in [0.05, 0.1) is 0 Å². The molecular weight excluding hydrogens is 245 g/mol. The molecule has 2 rings (SSSR count). The van der Waals surface area contributed by atoms with Crippen LogP contribution in [0.25, 0.3) is 0 Å². The standard InChI is InChI=1S/C14H20FN3O/c1-18-8-7-16-10-13(18)14(19)17-6-5-11-3-2-4-12(15)9-11/h2-4,9,13,16H,5-8,10H2,1H3,(H,17,19). The van der Waals surface area contributed by atoms with Crippen molar-refractivity contribution in [2.75, 3.05) is 33.2 Å². The Kier molecular flexibility index (Phi) is 4.87. The van der Waals surface area contributed by atoms with Gasteiger partial charge < -0.3 is 10.6 Å². The van der Waals surface area contributed by atoms with E-state index in [1.165, 1.54) is 12.1 Å². The van der Waals surface area contributed by atoms with Crippen molar-refractivity contribution in [2.45, 2.75) is 12.5 Å². The summed E-state index contributed by atoms with van der Waals surface area (Å²) in [5, 5.41) is 6.12. The molecule has 1 amide bonds. The minimum atomic E-state index is -0.236. The van der Waals surface area contributed by atoms with Gasteiger partial charge in [0.15, 0.2) is 0 Å². The maximum absolute atomic E-state index is 13.0. The highest BCUT2D eigenvalue weighted by atomic mass is 19.1. The summed E-state index contributed by atoms with van der Waals surface area (Å²) < 4.78 is 13.0. The van der Waals surface area contributed by atoms with Gasteiger partial charge in [-0.3, -0.25) is 9.69 Å². The lowest BCUT2D eigenvalue weighted by atomic mass is 10.1. The Labute approximate surface area is 113 Å². The lowest BCUT2D eigenvalue weighted by Crippen LogP contribution is -2.56. The van der Waals surface area contributed by atoms with Gasteiger partial charge in [0.25, 0.3) is 0 Å². The molecule has 1 aromatic rings. The number of likely N-dealkylation sites (N-methyl/N-ethyl adjacent to an activating group) is 1. The van der Waals surface area contributed by atoms with Gasteiger partial charge in [-0.05, 0) is 31.2 Å². The topological polar surface area (TPSA) is 44.4 Å². The minimum Gasteiger partial charge on any atom is -0.354 e. The number of hydrogen-bond donors (Lipinski definition) is 2. The molecule has 0 spiro atoms. The molecule has 1 heterocycles. The number of halogens is 1. The number of rotatable bonds is 4. The predicted octanol–water partition coefficient (Wildman–Crippen LogP) is 0.388. The zero-order valence-electron chi connectivity index (χ0n) is 11.2. The van der Waals surface area contributed by atoms with E-state index < -0.39 is 0 Å². The van der Waals surface area contributed by atoms with Gasteiger partial charge >= 0.3 is 0 Å². The number of carbonyl (C=O) groups is 1. The summed E-state index contributed by atoms with van der Waals surface area (Å²) in [6, 6.07) is 6.36. The molecule has 1 saturated heterocycles. The van der Waals surface area contributed by atoms with Crippen molar-refractivity contribution in [3.05, 3.63) is 35.6 Å². The second kappa shape index (κ2) is 6.63. The first kappa shape index (κ1) is 14.0. The van der Waals surface area contributed by atoms with Crippen molar-refractivity contribution in [2.24, 2.45) is 0 Å². The molecule has 104 valence electrons. The molecule has 0 saturated carbocycles. The summed E-state index contributed by atoms with van der Waals surface area (Å²) in [5.74, 6) is -0.203. The summed E-state index contributed by atoms with van der Waals surface area (Å²) in [6.07, 6.45) is 0.646. The molecule has 0 aromatic heterocycles. The fourth-order valence-corrected chi connectivity index (χ4v) is 2.24. The largest absolute Gasteiger partial charge is 0.354 e. The van der Waals surface area contributed by atoms with E-state index in [2.05, 4.69) is 10.6 Å². The summed E-state index contributed by atoms with van der Waals surface area (Å²) in [7, 11) is 1.96. The van der Waals surface area contributed by atoms with Crippen LogP contribution in [0.1, 0.15) is 5.56 Å². The number of nitrogens with one attached hydrogen (secondary N) is 2. The minimum absolute atomic E-state index is 0.0334. The molecule has 1 unspecified atom stereocenters. The predicted molar refractivity (Wildman–Crippen MR) is 72.4 cm³/mol. The zero-order valence-corrected chi connectivity index (χ0v) is 11.2. The number of nitrogens with zero attached hydrogens (tertiary/aromatic N) is 1. The lowest BCUT2D eigenvalue weighted by Gasteiger charge is -2.31. The van der Waals surface area contributed by atoms with Crippen LogP contribution in [0.15, 0.2) is 24.3 Å². The fourth-order valence-electron chi connectivity index (χ4n) is 2.24. The molecule has 1 aliphatic heterocycles. The third-order valence-corrected chi connectivity index (χ3v) is 3.42. The van der Waals surface area contributed by atoms with Crippen LogP contribution in [0.2, 0.25) is 0 Å². The summed E-state index contributed by atoms with van der Waals surface area (Å²) in [4.78, 5) is 14.0. The highest BCUT2D eigenvalue weighted by Gasteiger charge is 2.24. The summed E-state index contributed by atoms with van der Waals surface area (Å²) >= 11 is 0. The molecule has 0 radical (unpaired) electrons. The van der Waals surface area contributed by atoms with Crippen LogP contribution in [-0.2, 0) is 11.2 Å². The van der Waals surface area contributed by atoms with Gasteiger partial charge in [-0.2, -0.15) is 0 Å². The lowest BCUT2D eigenvalue weighted by molar-refractivity contribution is -0.126. The van der Waals surface area contributed by atoms with Crippen LogP contribution in [-0.4, -0.2) is 50.1 Å². The van der Waals surface area contributed by atoms with E-state index in [4.69, 9.17) is 0 Å². The molecule has 1 aliphatic rings. The molecule has 1 aromatic carbocycles. The third-order valence-electron chi connectivity index (χ3n) is 3.42. The van der Waals surface area contributed by atoms with Crippen LogP contribution >= 0.6 is 0 Å². The van der Waals surface area contributed by atoms with Crippen molar-refractivity contribution in [3.63, 3.8) is 0 Å². The highest BCUT2D eigenvalue weighted by Crippen LogP contribution is 2.04. The van der Waals surface area contributed by atoms with Crippen molar-refractivity contribution in [1.82, 2.24) is 15.5 Å². The van der Waals surface area contributed by atoms with E-state index in [-0.39, 0.29) is 17.8 Å². The monoisotopic (exact) mass is 265 g/mol. The maximum Gasteiger partial charge on any atom is 0.238 e. The molecule has 2 N–H and O–H groups in total. The van der Waals surface area contributed by atoms with E-state index >= 15 is 0 Å². The van der Waals surface area contributed by atoms with E-state index in [1.807, 2.05) is 18.0 Å². The Balaban J connectivity index is 1.77. The first-order chi connectivity index (χ1) is 9.16. The maximum atomic E-state index is 13.0. The molecule has 5 heteroatoms. The van der Waals surface area contributed by atoms with Gasteiger partial charge in [-0.1, -0.05) is 12.1 Å². The van der Waals surface area contributed by atoms with Crippen molar-refractivity contribution in [3.8, 4) is 0 Å². The van der Waals surface area contributed by atoms with Crippen LogP contribution in [0, 0.1) is 5.82 Å². The number of benzene rings is 1. The molecule has 0 bridgehead atoms. The number of hydrogen-bond acceptors (Lipinski definition) is 3. The second-order valence-electron chi connectivity index (χ2n) is 4.87. The van der Waals surface area contributed by atoms with Crippen LogP contribution < -0.4 is 10.6 Å². The normalized spacial score (nSPS) is 20.2. The van der Waals surface area contributed by atoms with E-state index in [1.54, 1.807) is 6.07 Å². The Morgan fingerprint density at radius 1 is 1.58 bits per heavy atom. The quantitative estimate of drug-likeness (QED) is 0.827. The van der Waals surface area contributed by atoms with E-state index in [9.17, 15) is 9.18 Å². The molecule has 1 fully saturated rings. The van der Waals surface area contributed by atoms with Crippen molar-refractivity contribution < 1.29 is 9.18 Å². The summed E-state index contributed by atoms with van der Waals surface area (Å²) in [6.45, 7) is 3.01. The Bertz CT molecular complexity index is 438. The molecule has 19 heavy (non-hydrogen) atoms. The molecular formula is C14H20FN3O. The van der Waals surface area contributed by atoms with E-state index in [0.29, 0.717) is 19.5 Å². The SMILES string of the molecule is CN1CCNCC1C(=O)NCCc1cccc(F)c1. The fraction of sp³-hybridized carbons (Fsp3) is 0.500. The van der Waals surface area contributed by atoms with Gasteiger partial charge in [0.2, 0.25) is 5.91 Å². The Morgan fingerprint density at radius 2 is 2.42 bits per heavy atom. The van der Waals surface area contributed by atoms with Gasteiger partial charge in [0, 0.05) is 26.2 Å². The Hall–Kier alpha value is -1.46. The summed E-state index contributed by atoms with van der Waals surface area (Å²) in [5.41, 5.74) is 0.899. The average molecular weight is 265 g/mol. The first-order valence-electron chi connectivity index (χ1n) is 6.60. The molecule has 0 aliphatic carbocycles. The number of carbonyl (C=O) groups excluding carboxylic acids is 1. The van der Waals surface area contributed by atoms with Gasteiger partial charge in [-0.25, -0.2) is 4.39 Å². The number of amides is 1. The van der Waals surface area contributed by atoms with Gasteiger partial charge in [0.1, 0.15) is 11.9 Å². The van der Waals surface area contributed by atoms with Crippen LogP contribution in [0.4, 0.5) is 4.39 Å². The van der Waals surface area contributed by atoms with Crippen molar-refractivity contribution >= 4 is 5.91 Å². The number of piperazine rings is 1.